The van der Waals surface area contributed by atoms with E-state index in [1.807, 2.05) is 67.6 Å². The molecule has 0 aliphatic carbocycles. The van der Waals surface area contributed by atoms with Crippen LogP contribution in [0.1, 0.15) is 5.56 Å². The van der Waals surface area contributed by atoms with Gasteiger partial charge in [0.25, 0.3) is 0 Å². The van der Waals surface area contributed by atoms with Gasteiger partial charge >= 0.3 is 0 Å². The quantitative estimate of drug-likeness (QED) is 0.466. The fraction of sp³-hybridized carbons (Fsp3) is 0.167. The Labute approximate surface area is 169 Å². The van der Waals surface area contributed by atoms with Gasteiger partial charge in [-0.15, -0.1) is 0 Å². The Morgan fingerprint density at radius 3 is 1.38 bits per heavy atom. The van der Waals surface area contributed by atoms with Crippen molar-refractivity contribution in [2.24, 2.45) is 0 Å². The average Bonchev–Trinajstić information content (AvgIpc) is 2.78. The first kappa shape index (κ1) is 18.7. The zero-order chi connectivity index (χ0) is 20.4. The molecule has 3 aromatic carbocycles. The monoisotopic (exact) mass is 386 g/mol. The minimum absolute atomic E-state index is 0.546. The topological polar surface area (TPSA) is 53.5 Å². The number of methoxy groups -OCH3 is 3. The Balaban J connectivity index is 2.16. The first-order chi connectivity index (χ1) is 14.2. The Bertz CT molecular complexity index is 1160. The molecule has 0 bridgehead atoms. The molecule has 1 aromatic heterocycles. The number of benzene rings is 3. The molecule has 146 valence electrons. The largest absolute Gasteiger partial charge is 0.494 e. The highest BCUT2D eigenvalue weighted by atomic mass is 16.5. The van der Waals surface area contributed by atoms with Crippen LogP contribution in [0.15, 0.2) is 60.7 Å². The Hall–Kier alpha value is -3.60. The molecule has 0 aliphatic rings. The fourth-order valence-electron chi connectivity index (χ4n) is 3.59. The third-order valence-corrected chi connectivity index (χ3v) is 4.92. The number of aromatic nitrogens is 2. The molecule has 4 aromatic rings. The summed E-state index contributed by atoms with van der Waals surface area (Å²) in [5.74, 6) is 1.77. The Kier molecular flexibility index (Phi) is 5.04. The summed E-state index contributed by atoms with van der Waals surface area (Å²) in [7, 11) is 4.85. The zero-order valence-electron chi connectivity index (χ0n) is 16.9. The number of nitrogens with zero attached hydrogens (tertiary/aromatic N) is 2. The van der Waals surface area contributed by atoms with Crippen molar-refractivity contribution in [1.82, 2.24) is 9.97 Å². The lowest BCUT2D eigenvalue weighted by atomic mass is 10.0. The highest BCUT2D eigenvalue weighted by Gasteiger charge is 2.24. The molecular formula is C24H22N2O3. The molecule has 0 atom stereocenters. The molecule has 0 saturated heterocycles. The van der Waals surface area contributed by atoms with Crippen molar-refractivity contribution in [2.45, 2.75) is 6.92 Å². The minimum atomic E-state index is 0.546. The van der Waals surface area contributed by atoms with E-state index in [1.54, 1.807) is 21.3 Å². The van der Waals surface area contributed by atoms with Crippen molar-refractivity contribution in [3.63, 3.8) is 0 Å². The van der Waals surface area contributed by atoms with E-state index in [0.717, 1.165) is 28.1 Å². The van der Waals surface area contributed by atoms with Crippen molar-refractivity contribution in [2.75, 3.05) is 21.3 Å². The second kappa shape index (κ2) is 7.80. The van der Waals surface area contributed by atoms with Crippen LogP contribution in [0.4, 0.5) is 0 Å². The van der Waals surface area contributed by atoms with E-state index in [1.165, 1.54) is 0 Å². The molecule has 5 nitrogen and oxygen atoms in total. The van der Waals surface area contributed by atoms with Crippen LogP contribution in [0.25, 0.3) is 33.5 Å². The SMILES string of the molecule is COc1c(C)c(OC)c2nc(-c3ccccc3)c(-c3ccccc3)nc2c1OC. The first-order valence-corrected chi connectivity index (χ1v) is 9.30. The molecule has 0 saturated carbocycles. The third-order valence-electron chi connectivity index (χ3n) is 4.92. The molecule has 0 radical (unpaired) electrons. The van der Waals surface area contributed by atoms with Crippen molar-refractivity contribution < 1.29 is 14.2 Å². The minimum Gasteiger partial charge on any atom is -0.494 e. The van der Waals surface area contributed by atoms with Crippen molar-refractivity contribution in [3.05, 3.63) is 66.2 Å². The fourth-order valence-corrected chi connectivity index (χ4v) is 3.59. The molecule has 0 aliphatic heterocycles. The van der Waals surface area contributed by atoms with Gasteiger partial charge < -0.3 is 14.2 Å². The summed E-state index contributed by atoms with van der Waals surface area (Å²) in [6.07, 6.45) is 0. The standard InChI is InChI=1S/C24H22N2O3/c1-15-22(27-2)20-21(24(29-4)23(15)28-3)26-19(17-13-9-6-10-14-17)18(25-20)16-11-7-5-8-12-16/h5-14H,1-4H3. The predicted molar refractivity (Wildman–Crippen MR) is 115 cm³/mol. The maximum Gasteiger partial charge on any atom is 0.189 e. The van der Waals surface area contributed by atoms with Crippen LogP contribution in [-0.4, -0.2) is 31.3 Å². The zero-order valence-corrected chi connectivity index (χ0v) is 16.9. The van der Waals surface area contributed by atoms with Gasteiger partial charge in [-0.2, -0.15) is 0 Å². The van der Waals surface area contributed by atoms with E-state index in [-0.39, 0.29) is 0 Å². The van der Waals surface area contributed by atoms with Crippen molar-refractivity contribution >= 4 is 11.0 Å². The van der Waals surface area contributed by atoms with Gasteiger partial charge in [0.1, 0.15) is 11.0 Å². The molecule has 5 heteroatoms. The number of hydrogen-bond donors (Lipinski definition) is 0. The van der Waals surface area contributed by atoms with Gasteiger partial charge in [0.2, 0.25) is 0 Å². The highest BCUT2D eigenvalue weighted by Crippen LogP contribution is 2.45. The summed E-state index contributed by atoms with van der Waals surface area (Å²) in [4.78, 5) is 10.0. The molecule has 0 fully saturated rings. The normalized spacial score (nSPS) is 10.8. The second-order valence-corrected chi connectivity index (χ2v) is 6.57. The predicted octanol–water partition coefficient (Wildman–Crippen LogP) is 5.30. The van der Waals surface area contributed by atoms with Crippen LogP contribution in [0.5, 0.6) is 17.2 Å². The summed E-state index contributed by atoms with van der Waals surface area (Å²) >= 11 is 0. The molecule has 1 heterocycles. The van der Waals surface area contributed by atoms with Crippen LogP contribution < -0.4 is 14.2 Å². The Morgan fingerprint density at radius 1 is 0.552 bits per heavy atom. The van der Waals surface area contributed by atoms with Gasteiger partial charge in [-0.25, -0.2) is 9.97 Å². The van der Waals surface area contributed by atoms with Gasteiger partial charge in [0.15, 0.2) is 17.2 Å². The number of hydrogen-bond acceptors (Lipinski definition) is 5. The van der Waals surface area contributed by atoms with Crippen LogP contribution in [0.3, 0.4) is 0 Å². The molecule has 0 unspecified atom stereocenters. The lowest BCUT2D eigenvalue weighted by Crippen LogP contribution is -2.03. The maximum absolute atomic E-state index is 5.70. The van der Waals surface area contributed by atoms with Crippen LogP contribution in [0, 0.1) is 6.92 Å². The summed E-state index contributed by atoms with van der Waals surface area (Å²) in [6.45, 7) is 1.93. The number of rotatable bonds is 5. The van der Waals surface area contributed by atoms with E-state index in [9.17, 15) is 0 Å². The van der Waals surface area contributed by atoms with Crippen LogP contribution >= 0.6 is 0 Å². The van der Waals surface area contributed by atoms with Crippen molar-refractivity contribution in [1.29, 1.82) is 0 Å². The highest BCUT2D eigenvalue weighted by molar-refractivity contribution is 5.95. The average molecular weight is 386 g/mol. The smallest absolute Gasteiger partial charge is 0.189 e. The lowest BCUT2D eigenvalue weighted by molar-refractivity contribution is 0.349. The first-order valence-electron chi connectivity index (χ1n) is 9.30. The van der Waals surface area contributed by atoms with Gasteiger partial charge in [-0.05, 0) is 6.92 Å². The van der Waals surface area contributed by atoms with Crippen LogP contribution in [0.2, 0.25) is 0 Å². The summed E-state index contributed by atoms with van der Waals surface area (Å²) in [6, 6.07) is 20.0. The molecular weight excluding hydrogens is 364 g/mol. The van der Waals surface area contributed by atoms with E-state index in [0.29, 0.717) is 28.3 Å². The van der Waals surface area contributed by atoms with Crippen LogP contribution in [-0.2, 0) is 0 Å². The molecule has 0 spiro atoms. The summed E-state index contributed by atoms with van der Waals surface area (Å²) in [5, 5.41) is 0. The Morgan fingerprint density at radius 2 is 0.966 bits per heavy atom. The van der Waals surface area contributed by atoms with Gasteiger partial charge in [-0.1, -0.05) is 60.7 Å². The lowest BCUT2D eigenvalue weighted by Gasteiger charge is -2.18. The van der Waals surface area contributed by atoms with E-state index >= 15 is 0 Å². The van der Waals surface area contributed by atoms with E-state index < -0.39 is 0 Å². The summed E-state index contributed by atoms with van der Waals surface area (Å²) < 4.78 is 17.0. The summed E-state index contributed by atoms with van der Waals surface area (Å²) in [5.41, 5.74) is 5.58. The van der Waals surface area contributed by atoms with Gasteiger partial charge in [0.05, 0.1) is 32.7 Å². The van der Waals surface area contributed by atoms with Crippen molar-refractivity contribution in [3.8, 4) is 39.8 Å². The molecule has 29 heavy (non-hydrogen) atoms. The van der Waals surface area contributed by atoms with Gasteiger partial charge in [0, 0.05) is 16.7 Å². The number of ether oxygens (including phenoxy) is 3. The van der Waals surface area contributed by atoms with Gasteiger partial charge in [-0.3, -0.25) is 0 Å². The maximum atomic E-state index is 5.70. The van der Waals surface area contributed by atoms with E-state index in [4.69, 9.17) is 24.2 Å². The molecule has 0 amide bonds. The number of fused-ring (bicyclic) bond motifs is 1. The third kappa shape index (κ3) is 3.14. The van der Waals surface area contributed by atoms with E-state index in [2.05, 4.69) is 0 Å². The molecule has 4 rings (SSSR count). The second-order valence-electron chi connectivity index (χ2n) is 6.57. The molecule has 0 N–H and O–H groups in total.